The average molecular weight is 391 g/mol. The van der Waals surface area contributed by atoms with E-state index in [4.69, 9.17) is 18.9 Å². The van der Waals surface area contributed by atoms with Gasteiger partial charge in [-0.2, -0.15) is 0 Å². The summed E-state index contributed by atoms with van der Waals surface area (Å²) in [4.78, 5) is 24.8. The van der Waals surface area contributed by atoms with Crippen molar-refractivity contribution in [2.24, 2.45) is 0 Å². The molecule has 150 valence electrons. The minimum atomic E-state index is -1.13. The Balaban J connectivity index is 2.15. The molecule has 1 amide bonds. The highest BCUT2D eigenvalue weighted by Gasteiger charge is 2.25. The van der Waals surface area contributed by atoms with Crippen molar-refractivity contribution in [3.63, 3.8) is 0 Å². The lowest BCUT2D eigenvalue weighted by Crippen LogP contribution is -2.30. The summed E-state index contributed by atoms with van der Waals surface area (Å²) in [6.45, 7) is 3.02. The summed E-state index contributed by atoms with van der Waals surface area (Å²) >= 11 is 0. The van der Waals surface area contributed by atoms with Crippen molar-refractivity contribution in [2.45, 2.75) is 20.0 Å². The lowest BCUT2D eigenvalue weighted by molar-refractivity contribution is -0.123. The molecule has 28 heavy (non-hydrogen) atoms. The Kier molecular flexibility index (Phi) is 6.81. The van der Waals surface area contributed by atoms with Gasteiger partial charge < -0.3 is 24.3 Å². The van der Waals surface area contributed by atoms with Crippen molar-refractivity contribution in [2.75, 3.05) is 26.6 Å². The highest BCUT2D eigenvalue weighted by atomic mass is 19.1. The van der Waals surface area contributed by atoms with Gasteiger partial charge in [0.1, 0.15) is 11.4 Å². The van der Waals surface area contributed by atoms with E-state index < -0.39 is 23.8 Å². The third-order valence-electron chi connectivity index (χ3n) is 4.02. The quantitative estimate of drug-likeness (QED) is 0.729. The van der Waals surface area contributed by atoms with Crippen molar-refractivity contribution in [1.29, 1.82) is 0 Å². The van der Waals surface area contributed by atoms with E-state index in [1.54, 1.807) is 13.0 Å². The number of ether oxygens (including phenoxy) is 4. The Morgan fingerprint density at radius 3 is 2.25 bits per heavy atom. The molecule has 8 heteroatoms. The first-order valence-electron chi connectivity index (χ1n) is 8.39. The molecule has 0 saturated carbocycles. The van der Waals surface area contributed by atoms with E-state index in [-0.39, 0.29) is 22.7 Å². The number of esters is 1. The molecular weight excluding hydrogens is 369 g/mol. The molecule has 1 unspecified atom stereocenters. The summed E-state index contributed by atoms with van der Waals surface area (Å²) in [7, 11) is 4.23. The fraction of sp³-hybridized carbons (Fsp3) is 0.300. The van der Waals surface area contributed by atoms with Crippen molar-refractivity contribution in [3.05, 3.63) is 47.3 Å². The van der Waals surface area contributed by atoms with Crippen molar-refractivity contribution < 1.29 is 32.9 Å². The molecule has 2 aromatic rings. The molecule has 1 N–H and O–H groups in total. The molecular formula is C20H22FNO6. The van der Waals surface area contributed by atoms with Gasteiger partial charge in [-0.3, -0.25) is 4.79 Å². The molecule has 0 aromatic heterocycles. The minimum absolute atomic E-state index is 0.0705. The molecule has 7 nitrogen and oxygen atoms in total. The number of carbonyl (C=O) groups is 2. The van der Waals surface area contributed by atoms with E-state index in [2.05, 4.69) is 5.32 Å². The van der Waals surface area contributed by atoms with E-state index in [0.717, 1.165) is 0 Å². The Bertz CT molecular complexity index is 883. The van der Waals surface area contributed by atoms with Gasteiger partial charge in [0.15, 0.2) is 17.6 Å². The topological polar surface area (TPSA) is 83.1 Å². The first-order valence-corrected chi connectivity index (χ1v) is 8.39. The van der Waals surface area contributed by atoms with Crippen LogP contribution in [0.3, 0.4) is 0 Å². The van der Waals surface area contributed by atoms with E-state index >= 15 is 0 Å². The Morgan fingerprint density at radius 1 is 1.00 bits per heavy atom. The second-order valence-corrected chi connectivity index (χ2v) is 5.88. The molecule has 1 atom stereocenters. The maximum Gasteiger partial charge on any atom is 0.342 e. The zero-order chi connectivity index (χ0) is 20.8. The lowest BCUT2D eigenvalue weighted by Gasteiger charge is -2.17. The highest BCUT2D eigenvalue weighted by molar-refractivity contribution is 5.99. The molecule has 0 aliphatic rings. The maximum atomic E-state index is 13.6. The van der Waals surface area contributed by atoms with E-state index in [1.807, 2.05) is 0 Å². The van der Waals surface area contributed by atoms with Crippen LogP contribution in [0.5, 0.6) is 17.2 Å². The van der Waals surface area contributed by atoms with Crippen molar-refractivity contribution >= 4 is 17.6 Å². The Labute approximate surface area is 162 Å². The van der Waals surface area contributed by atoms with Crippen molar-refractivity contribution in [1.82, 2.24) is 0 Å². The largest absolute Gasteiger partial charge is 0.493 e. The predicted molar refractivity (Wildman–Crippen MR) is 101 cm³/mol. The monoisotopic (exact) mass is 391 g/mol. The maximum absolute atomic E-state index is 13.6. The lowest BCUT2D eigenvalue weighted by atomic mass is 10.1. The standard InChI is InChI=1S/C20H22FNO6/c1-11-6-7-13(10-15(11)21)22-19(23)12(2)28-20(24)14-8-9-16(25-3)18(27-5)17(14)26-4/h6-10,12H,1-5H3,(H,22,23). The number of amides is 1. The fourth-order valence-corrected chi connectivity index (χ4v) is 2.45. The van der Waals surface area contributed by atoms with Crippen molar-refractivity contribution in [3.8, 4) is 17.2 Å². The van der Waals surface area contributed by atoms with E-state index in [1.165, 1.54) is 52.5 Å². The average Bonchev–Trinajstić information content (AvgIpc) is 2.69. The third-order valence-corrected chi connectivity index (χ3v) is 4.02. The van der Waals surface area contributed by atoms with E-state index in [0.29, 0.717) is 11.3 Å². The number of aryl methyl sites for hydroxylation is 1. The van der Waals surface area contributed by atoms with E-state index in [9.17, 15) is 14.0 Å². The summed E-state index contributed by atoms with van der Waals surface area (Å²) < 4.78 is 34.5. The first kappa shape index (κ1) is 21.0. The van der Waals surface area contributed by atoms with Crippen LogP contribution in [0.15, 0.2) is 30.3 Å². The van der Waals surface area contributed by atoms with Crippen LogP contribution < -0.4 is 19.5 Å². The second kappa shape index (κ2) is 9.07. The number of nitrogens with one attached hydrogen (secondary N) is 1. The van der Waals surface area contributed by atoms with Crippen LogP contribution in [-0.2, 0) is 9.53 Å². The Hall–Kier alpha value is -3.29. The van der Waals surface area contributed by atoms with Crippen LogP contribution >= 0.6 is 0 Å². The van der Waals surface area contributed by atoms with Crippen LogP contribution in [0.1, 0.15) is 22.8 Å². The van der Waals surface area contributed by atoms with Crippen LogP contribution in [0.4, 0.5) is 10.1 Å². The molecule has 0 spiro atoms. The van der Waals surface area contributed by atoms with Gasteiger partial charge in [-0.25, -0.2) is 9.18 Å². The van der Waals surface area contributed by atoms with Gasteiger partial charge >= 0.3 is 5.97 Å². The molecule has 0 radical (unpaired) electrons. The number of benzene rings is 2. The van der Waals surface area contributed by atoms with Crippen LogP contribution in [0, 0.1) is 12.7 Å². The molecule has 0 fully saturated rings. The third kappa shape index (κ3) is 4.51. The van der Waals surface area contributed by atoms with Gasteiger partial charge in [0.25, 0.3) is 5.91 Å². The number of carbonyl (C=O) groups excluding carboxylic acids is 2. The van der Waals surface area contributed by atoms with Gasteiger partial charge in [-0.1, -0.05) is 6.07 Å². The second-order valence-electron chi connectivity index (χ2n) is 5.88. The summed E-state index contributed by atoms with van der Waals surface area (Å²) in [5.41, 5.74) is 0.791. The van der Waals surface area contributed by atoms with Crippen LogP contribution in [0.2, 0.25) is 0 Å². The van der Waals surface area contributed by atoms with Gasteiger partial charge in [0.05, 0.1) is 21.3 Å². The molecule has 0 aliphatic carbocycles. The number of halogens is 1. The predicted octanol–water partition coefficient (Wildman–Crippen LogP) is 3.34. The molecule has 0 aliphatic heterocycles. The van der Waals surface area contributed by atoms with Crippen LogP contribution in [0.25, 0.3) is 0 Å². The fourth-order valence-electron chi connectivity index (χ4n) is 2.45. The van der Waals surface area contributed by atoms with Gasteiger partial charge in [-0.05, 0) is 43.7 Å². The van der Waals surface area contributed by atoms with Gasteiger partial charge in [-0.15, -0.1) is 0 Å². The molecule has 0 bridgehead atoms. The Morgan fingerprint density at radius 2 is 1.68 bits per heavy atom. The number of anilines is 1. The summed E-state index contributed by atoms with van der Waals surface area (Å²) in [5, 5.41) is 2.50. The summed E-state index contributed by atoms with van der Waals surface area (Å²) in [6, 6.07) is 7.26. The first-order chi connectivity index (χ1) is 13.3. The summed E-state index contributed by atoms with van der Waals surface area (Å²) in [6.07, 6.45) is -1.13. The molecule has 0 heterocycles. The molecule has 2 rings (SSSR count). The van der Waals surface area contributed by atoms with Crippen LogP contribution in [-0.4, -0.2) is 39.3 Å². The highest BCUT2D eigenvalue weighted by Crippen LogP contribution is 2.40. The number of hydrogen-bond acceptors (Lipinski definition) is 6. The number of methoxy groups -OCH3 is 3. The normalized spacial score (nSPS) is 11.4. The van der Waals surface area contributed by atoms with Gasteiger partial charge in [0.2, 0.25) is 5.75 Å². The summed E-state index contributed by atoms with van der Waals surface area (Å²) in [5.74, 6) is -1.10. The SMILES string of the molecule is COc1ccc(C(=O)OC(C)C(=O)Nc2ccc(C)c(F)c2)c(OC)c1OC. The smallest absolute Gasteiger partial charge is 0.342 e. The van der Waals surface area contributed by atoms with Gasteiger partial charge in [0, 0.05) is 5.69 Å². The number of rotatable bonds is 7. The molecule has 2 aromatic carbocycles. The molecule has 0 saturated heterocycles. The number of hydrogen-bond donors (Lipinski definition) is 1. The minimum Gasteiger partial charge on any atom is -0.493 e. The zero-order valence-corrected chi connectivity index (χ0v) is 16.3. The zero-order valence-electron chi connectivity index (χ0n) is 16.3.